The smallest absolute Gasteiger partial charge is 0.115 e. The van der Waals surface area contributed by atoms with Crippen LogP contribution < -0.4 is 10.2 Å². The summed E-state index contributed by atoms with van der Waals surface area (Å²) in [6.45, 7) is 4.18. The molecular formula is C15H18N4O. The zero-order valence-corrected chi connectivity index (χ0v) is 11.3. The first kappa shape index (κ1) is 12.9. The molecule has 0 saturated carbocycles. The van der Waals surface area contributed by atoms with Crippen LogP contribution in [0.15, 0.2) is 43.0 Å². The maximum Gasteiger partial charge on any atom is 0.115 e. The van der Waals surface area contributed by atoms with Crippen molar-refractivity contribution in [3.05, 3.63) is 48.5 Å². The molecule has 0 aliphatic carbocycles. The van der Waals surface area contributed by atoms with Crippen molar-refractivity contribution in [2.45, 2.75) is 6.54 Å². The van der Waals surface area contributed by atoms with E-state index in [0.717, 1.165) is 44.1 Å². The number of aromatic nitrogens is 2. The predicted molar refractivity (Wildman–Crippen MR) is 78.8 cm³/mol. The minimum Gasteiger partial charge on any atom is -0.379 e. The lowest BCUT2D eigenvalue weighted by Crippen LogP contribution is -2.36. The lowest BCUT2D eigenvalue weighted by atomic mass is 10.2. The highest BCUT2D eigenvalue weighted by molar-refractivity contribution is 5.70. The lowest BCUT2D eigenvalue weighted by Gasteiger charge is -2.30. The van der Waals surface area contributed by atoms with Gasteiger partial charge in [-0.05, 0) is 12.1 Å². The molecule has 1 fully saturated rings. The summed E-state index contributed by atoms with van der Waals surface area (Å²) in [7, 11) is 0. The molecule has 1 aromatic carbocycles. The Hall–Kier alpha value is -2.14. The molecule has 20 heavy (non-hydrogen) atoms. The summed E-state index contributed by atoms with van der Waals surface area (Å²) in [6, 6.07) is 8.37. The quantitative estimate of drug-likeness (QED) is 0.920. The van der Waals surface area contributed by atoms with E-state index in [0.29, 0.717) is 0 Å². The van der Waals surface area contributed by atoms with Crippen molar-refractivity contribution in [2.75, 3.05) is 36.5 Å². The van der Waals surface area contributed by atoms with E-state index >= 15 is 0 Å². The van der Waals surface area contributed by atoms with Crippen molar-refractivity contribution >= 4 is 11.4 Å². The number of morpholine rings is 1. The molecule has 0 radical (unpaired) electrons. The van der Waals surface area contributed by atoms with Gasteiger partial charge in [0, 0.05) is 37.6 Å². The fourth-order valence-electron chi connectivity index (χ4n) is 2.32. The molecule has 2 aromatic rings. The van der Waals surface area contributed by atoms with Crippen LogP contribution in [0, 0.1) is 0 Å². The number of benzene rings is 1. The number of nitrogens with one attached hydrogen (secondary N) is 1. The molecular weight excluding hydrogens is 252 g/mol. The van der Waals surface area contributed by atoms with Gasteiger partial charge in [0.1, 0.15) is 6.33 Å². The van der Waals surface area contributed by atoms with E-state index in [1.54, 1.807) is 6.33 Å². The topological polar surface area (TPSA) is 50.3 Å². The summed E-state index contributed by atoms with van der Waals surface area (Å²) >= 11 is 0. The molecule has 5 heteroatoms. The Bertz CT molecular complexity index is 541. The molecule has 0 amide bonds. The molecule has 0 spiro atoms. The Labute approximate surface area is 118 Å². The number of anilines is 2. The van der Waals surface area contributed by atoms with E-state index in [-0.39, 0.29) is 0 Å². The summed E-state index contributed by atoms with van der Waals surface area (Å²) < 4.78 is 5.41. The molecule has 1 aromatic heterocycles. The van der Waals surface area contributed by atoms with Crippen LogP contribution in [-0.4, -0.2) is 36.3 Å². The van der Waals surface area contributed by atoms with Gasteiger partial charge in [0.25, 0.3) is 0 Å². The average molecular weight is 270 g/mol. The SMILES string of the molecule is c1ccc(N2CCOCC2)c(NCc2cncnc2)c1. The van der Waals surface area contributed by atoms with Gasteiger partial charge in [0.05, 0.1) is 24.6 Å². The Balaban J connectivity index is 1.72. The van der Waals surface area contributed by atoms with Gasteiger partial charge in [0.15, 0.2) is 0 Å². The summed E-state index contributed by atoms with van der Waals surface area (Å²) in [5, 5.41) is 3.46. The van der Waals surface area contributed by atoms with Crippen LogP contribution in [0.4, 0.5) is 11.4 Å². The number of hydrogen-bond acceptors (Lipinski definition) is 5. The fraction of sp³-hybridized carbons (Fsp3) is 0.333. The van der Waals surface area contributed by atoms with E-state index in [4.69, 9.17) is 4.74 Å². The Morgan fingerprint density at radius 3 is 2.65 bits per heavy atom. The Morgan fingerprint density at radius 2 is 1.85 bits per heavy atom. The monoisotopic (exact) mass is 270 g/mol. The first-order valence-electron chi connectivity index (χ1n) is 6.83. The first-order chi connectivity index (χ1) is 9.93. The molecule has 1 saturated heterocycles. The van der Waals surface area contributed by atoms with Crippen molar-refractivity contribution in [3.63, 3.8) is 0 Å². The second-order valence-electron chi connectivity index (χ2n) is 4.72. The van der Waals surface area contributed by atoms with Crippen molar-refractivity contribution < 1.29 is 4.74 Å². The zero-order valence-electron chi connectivity index (χ0n) is 11.3. The van der Waals surface area contributed by atoms with Crippen LogP contribution >= 0.6 is 0 Å². The molecule has 0 bridgehead atoms. The van der Waals surface area contributed by atoms with Gasteiger partial charge in [-0.3, -0.25) is 0 Å². The van der Waals surface area contributed by atoms with Gasteiger partial charge in [0.2, 0.25) is 0 Å². The van der Waals surface area contributed by atoms with E-state index in [1.165, 1.54) is 5.69 Å². The second-order valence-corrected chi connectivity index (χ2v) is 4.72. The maximum atomic E-state index is 5.41. The highest BCUT2D eigenvalue weighted by atomic mass is 16.5. The molecule has 1 aliphatic rings. The van der Waals surface area contributed by atoms with Gasteiger partial charge >= 0.3 is 0 Å². The van der Waals surface area contributed by atoms with Gasteiger partial charge in [-0.15, -0.1) is 0 Å². The van der Waals surface area contributed by atoms with Crippen molar-refractivity contribution in [3.8, 4) is 0 Å². The van der Waals surface area contributed by atoms with Crippen molar-refractivity contribution in [1.29, 1.82) is 0 Å². The molecule has 2 heterocycles. The predicted octanol–water partition coefficient (Wildman–Crippen LogP) is 1.93. The Morgan fingerprint density at radius 1 is 1.10 bits per heavy atom. The van der Waals surface area contributed by atoms with Crippen LogP contribution in [0.25, 0.3) is 0 Å². The highest BCUT2D eigenvalue weighted by Crippen LogP contribution is 2.26. The van der Waals surface area contributed by atoms with Gasteiger partial charge in [-0.25, -0.2) is 9.97 Å². The zero-order chi connectivity index (χ0) is 13.6. The largest absolute Gasteiger partial charge is 0.379 e. The van der Waals surface area contributed by atoms with Gasteiger partial charge < -0.3 is 15.0 Å². The van der Waals surface area contributed by atoms with Gasteiger partial charge in [-0.1, -0.05) is 12.1 Å². The second kappa shape index (κ2) is 6.34. The molecule has 104 valence electrons. The molecule has 1 aliphatic heterocycles. The number of ether oxygens (including phenoxy) is 1. The van der Waals surface area contributed by atoms with E-state index < -0.39 is 0 Å². The number of rotatable bonds is 4. The van der Waals surface area contributed by atoms with Crippen LogP contribution in [0.3, 0.4) is 0 Å². The fourth-order valence-corrected chi connectivity index (χ4v) is 2.32. The van der Waals surface area contributed by atoms with E-state index in [9.17, 15) is 0 Å². The standard InChI is InChI=1S/C15H18N4O/c1-2-4-15(19-5-7-20-8-6-19)14(3-1)18-11-13-9-16-12-17-10-13/h1-4,9-10,12,18H,5-8,11H2. The number of nitrogens with zero attached hydrogens (tertiary/aromatic N) is 3. The molecule has 0 atom stereocenters. The molecule has 1 N–H and O–H groups in total. The van der Waals surface area contributed by atoms with Crippen LogP contribution in [-0.2, 0) is 11.3 Å². The first-order valence-corrected chi connectivity index (χ1v) is 6.83. The molecule has 3 rings (SSSR count). The third-order valence-corrected chi connectivity index (χ3v) is 3.35. The summed E-state index contributed by atoms with van der Waals surface area (Å²) in [4.78, 5) is 10.4. The molecule has 5 nitrogen and oxygen atoms in total. The lowest BCUT2D eigenvalue weighted by molar-refractivity contribution is 0.123. The summed E-state index contributed by atoms with van der Waals surface area (Å²) in [5.41, 5.74) is 3.44. The maximum absolute atomic E-state index is 5.41. The van der Waals surface area contributed by atoms with E-state index in [2.05, 4.69) is 38.4 Å². The minimum absolute atomic E-state index is 0.724. The third kappa shape index (κ3) is 3.05. The van der Waals surface area contributed by atoms with Crippen LogP contribution in [0.2, 0.25) is 0 Å². The van der Waals surface area contributed by atoms with Crippen LogP contribution in [0.1, 0.15) is 5.56 Å². The number of hydrogen-bond donors (Lipinski definition) is 1. The van der Waals surface area contributed by atoms with Crippen molar-refractivity contribution in [1.82, 2.24) is 9.97 Å². The summed E-state index contributed by atoms with van der Waals surface area (Å²) in [6.07, 6.45) is 5.21. The molecule has 0 unspecified atom stereocenters. The van der Waals surface area contributed by atoms with E-state index in [1.807, 2.05) is 18.5 Å². The van der Waals surface area contributed by atoms with Crippen molar-refractivity contribution in [2.24, 2.45) is 0 Å². The average Bonchev–Trinajstić information content (AvgIpc) is 2.55. The highest BCUT2D eigenvalue weighted by Gasteiger charge is 2.14. The normalized spacial score (nSPS) is 15.1. The third-order valence-electron chi connectivity index (χ3n) is 3.35. The minimum atomic E-state index is 0.724. The van der Waals surface area contributed by atoms with Crippen LogP contribution in [0.5, 0.6) is 0 Å². The Kier molecular flexibility index (Phi) is 4.08. The number of para-hydroxylation sites is 2. The summed E-state index contributed by atoms with van der Waals surface area (Å²) in [5.74, 6) is 0. The van der Waals surface area contributed by atoms with Gasteiger partial charge in [-0.2, -0.15) is 0 Å².